The molecule has 4 aromatic rings. The van der Waals surface area contributed by atoms with Crippen molar-refractivity contribution in [2.75, 3.05) is 0 Å². The van der Waals surface area contributed by atoms with Crippen molar-refractivity contribution in [1.82, 2.24) is 0 Å². The maximum Gasteiger partial charge on any atom is 0.335 e. The van der Waals surface area contributed by atoms with Crippen LogP contribution in [-0.2, 0) is 9.84 Å². The van der Waals surface area contributed by atoms with Crippen molar-refractivity contribution in [3.05, 3.63) is 120 Å². The van der Waals surface area contributed by atoms with Gasteiger partial charge >= 0.3 is 11.9 Å². The lowest BCUT2D eigenvalue weighted by Crippen LogP contribution is -2.00. The highest BCUT2D eigenvalue weighted by Gasteiger charge is 2.15. The van der Waals surface area contributed by atoms with Gasteiger partial charge in [0, 0.05) is 0 Å². The van der Waals surface area contributed by atoms with Gasteiger partial charge in [-0.1, -0.05) is 60.7 Å². The number of carbonyl (C=O) groups is 2. The number of hydrogen-bond donors (Lipinski definition) is 2. The van der Waals surface area contributed by atoms with Crippen molar-refractivity contribution < 1.29 is 28.2 Å². The summed E-state index contributed by atoms with van der Waals surface area (Å²) >= 11 is 0. The maximum atomic E-state index is 12.0. The first kappa shape index (κ1) is 23.4. The number of sulfone groups is 1. The predicted molar refractivity (Wildman–Crippen MR) is 124 cm³/mol. The van der Waals surface area contributed by atoms with Crippen LogP contribution in [-0.4, -0.2) is 30.6 Å². The number of benzene rings is 4. The molecule has 0 saturated carbocycles. The van der Waals surface area contributed by atoms with Crippen molar-refractivity contribution in [2.24, 2.45) is 0 Å². The molecule has 0 unspecified atom stereocenters. The van der Waals surface area contributed by atoms with Crippen LogP contribution in [0.2, 0.25) is 0 Å². The van der Waals surface area contributed by atoms with E-state index in [1.165, 1.54) is 24.3 Å². The van der Waals surface area contributed by atoms with E-state index in [9.17, 15) is 18.0 Å². The summed E-state index contributed by atoms with van der Waals surface area (Å²) in [6.07, 6.45) is 0. The third-order valence-corrected chi connectivity index (χ3v) is 6.49. The molecular weight excluding hydrogens is 440 g/mol. The van der Waals surface area contributed by atoms with Crippen LogP contribution in [0.4, 0.5) is 0 Å². The molecule has 0 aliphatic carbocycles. The molecule has 0 fully saturated rings. The number of carboxylic acid groups (broad SMARTS) is 2. The second kappa shape index (κ2) is 10.4. The van der Waals surface area contributed by atoms with E-state index >= 15 is 0 Å². The number of rotatable bonds is 5. The second-order valence-electron chi connectivity index (χ2n) is 6.89. The van der Waals surface area contributed by atoms with Gasteiger partial charge in [0.2, 0.25) is 9.84 Å². The first-order valence-electron chi connectivity index (χ1n) is 9.81. The zero-order chi connectivity index (χ0) is 23.8. The van der Waals surface area contributed by atoms with E-state index in [0.29, 0.717) is 9.79 Å². The van der Waals surface area contributed by atoms with Gasteiger partial charge in [-0.05, 0) is 59.7 Å². The molecule has 7 heteroatoms. The van der Waals surface area contributed by atoms with E-state index in [2.05, 4.69) is 0 Å². The van der Waals surface area contributed by atoms with Crippen LogP contribution in [0.1, 0.15) is 20.7 Å². The van der Waals surface area contributed by atoms with Crippen molar-refractivity contribution >= 4 is 21.8 Å². The first-order chi connectivity index (χ1) is 15.8. The van der Waals surface area contributed by atoms with Gasteiger partial charge in [-0.15, -0.1) is 0 Å². The normalized spacial score (nSPS) is 10.5. The quantitative estimate of drug-likeness (QED) is 0.420. The van der Waals surface area contributed by atoms with Gasteiger partial charge in [-0.2, -0.15) is 0 Å². The minimum atomic E-state index is -3.34. The molecule has 33 heavy (non-hydrogen) atoms. The lowest BCUT2D eigenvalue weighted by molar-refractivity contribution is 0.0686. The summed E-state index contributed by atoms with van der Waals surface area (Å²) in [7, 11) is -3.34. The highest BCUT2D eigenvalue weighted by Crippen LogP contribution is 2.21. The number of aromatic carboxylic acids is 2. The molecule has 6 nitrogen and oxygen atoms in total. The third kappa shape index (κ3) is 5.93. The summed E-state index contributed by atoms with van der Waals surface area (Å²) in [6.45, 7) is 0. The Labute approximate surface area is 191 Å². The lowest BCUT2D eigenvalue weighted by Gasteiger charge is -2.03. The molecule has 4 aromatic carbocycles. The van der Waals surface area contributed by atoms with Gasteiger partial charge < -0.3 is 10.2 Å². The molecule has 166 valence electrons. The van der Waals surface area contributed by atoms with E-state index < -0.39 is 21.8 Å². The van der Waals surface area contributed by atoms with Gasteiger partial charge in [0.05, 0.1) is 20.9 Å². The van der Waals surface area contributed by atoms with Gasteiger partial charge in [-0.25, -0.2) is 18.0 Å². The van der Waals surface area contributed by atoms with Crippen molar-refractivity contribution in [3.63, 3.8) is 0 Å². The number of hydrogen-bond acceptors (Lipinski definition) is 4. The Morgan fingerprint density at radius 2 is 0.788 bits per heavy atom. The van der Waals surface area contributed by atoms with Crippen LogP contribution < -0.4 is 0 Å². The van der Waals surface area contributed by atoms with Crippen molar-refractivity contribution in [1.29, 1.82) is 0 Å². The van der Waals surface area contributed by atoms with Gasteiger partial charge in [0.15, 0.2) is 0 Å². The molecule has 0 radical (unpaired) electrons. The van der Waals surface area contributed by atoms with Crippen LogP contribution in [0, 0.1) is 0 Å². The molecule has 0 aliphatic rings. The first-order valence-corrected chi connectivity index (χ1v) is 11.3. The summed E-state index contributed by atoms with van der Waals surface area (Å²) in [5.41, 5.74) is 2.13. The van der Waals surface area contributed by atoms with Crippen molar-refractivity contribution in [2.45, 2.75) is 9.79 Å². The second-order valence-corrected chi connectivity index (χ2v) is 8.84. The highest BCUT2D eigenvalue weighted by molar-refractivity contribution is 7.91. The molecule has 0 aromatic heterocycles. The van der Waals surface area contributed by atoms with Gasteiger partial charge in [0.25, 0.3) is 0 Å². The maximum absolute atomic E-state index is 12.0. The molecule has 0 saturated heterocycles. The summed E-state index contributed by atoms with van der Waals surface area (Å²) in [6, 6.07) is 29.7. The summed E-state index contributed by atoms with van der Waals surface area (Å²) < 4.78 is 24.1. The molecule has 0 atom stereocenters. The van der Waals surface area contributed by atoms with Crippen LogP contribution >= 0.6 is 0 Å². The summed E-state index contributed by atoms with van der Waals surface area (Å²) in [5, 5.41) is 17.6. The Kier molecular flexibility index (Phi) is 7.38. The fourth-order valence-corrected chi connectivity index (χ4v) is 4.25. The monoisotopic (exact) mass is 460 g/mol. The lowest BCUT2D eigenvalue weighted by atomic mass is 10.0. The van der Waals surface area contributed by atoms with E-state index in [1.807, 2.05) is 0 Å². The molecular formula is C26H20O6S. The van der Waals surface area contributed by atoms with Crippen molar-refractivity contribution in [3.8, 4) is 11.1 Å². The Bertz CT molecular complexity index is 1230. The molecule has 4 rings (SSSR count). The zero-order valence-electron chi connectivity index (χ0n) is 17.3. The Morgan fingerprint density at radius 3 is 1.06 bits per heavy atom. The summed E-state index contributed by atoms with van der Waals surface area (Å²) in [4.78, 5) is 22.1. The molecule has 0 amide bonds. The largest absolute Gasteiger partial charge is 0.478 e. The fraction of sp³-hybridized carbons (Fsp3) is 0. The van der Waals surface area contributed by atoms with E-state index in [4.69, 9.17) is 10.2 Å². The molecule has 0 bridgehead atoms. The van der Waals surface area contributed by atoms with E-state index in [-0.39, 0.29) is 11.1 Å². The highest BCUT2D eigenvalue weighted by atomic mass is 32.2. The van der Waals surface area contributed by atoms with Gasteiger partial charge in [0.1, 0.15) is 0 Å². The Hall–Kier alpha value is -4.23. The molecule has 0 heterocycles. The van der Waals surface area contributed by atoms with Crippen LogP contribution in [0.15, 0.2) is 119 Å². The van der Waals surface area contributed by atoms with Crippen LogP contribution in [0.25, 0.3) is 11.1 Å². The molecule has 0 aliphatic heterocycles. The SMILES string of the molecule is O=C(O)c1ccc(-c2ccc(C(=O)O)cc2)cc1.O=S(=O)(c1ccccc1)c1ccccc1. The smallest absolute Gasteiger partial charge is 0.335 e. The molecule has 0 spiro atoms. The number of carboxylic acids is 2. The standard InChI is InChI=1S/C14H10O4.C12H10O2S/c15-13(16)11-5-1-9(2-6-11)10-3-7-12(8-4-10)14(17)18;13-15(14,11-7-3-1-4-8-11)12-9-5-2-6-10-12/h1-8H,(H,15,16)(H,17,18);1-10H. The molecule has 2 N–H and O–H groups in total. The summed E-state index contributed by atoms with van der Waals surface area (Å²) in [5.74, 6) is -1.94. The van der Waals surface area contributed by atoms with Gasteiger partial charge in [-0.3, -0.25) is 0 Å². The van der Waals surface area contributed by atoms with E-state index in [1.54, 1.807) is 84.9 Å². The average molecular weight is 461 g/mol. The minimum Gasteiger partial charge on any atom is -0.478 e. The Morgan fingerprint density at radius 1 is 0.485 bits per heavy atom. The minimum absolute atomic E-state index is 0.223. The zero-order valence-corrected chi connectivity index (χ0v) is 18.1. The van der Waals surface area contributed by atoms with Crippen LogP contribution in [0.3, 0.4) is 0 Å². The topological polar surface area (TPSA) is 109 Å². The van der Waals surface area contributed by atoms with Crippen LogP contribution in [0.5, 0.6) is 0 Å². The average Bonchev–Trinajstić information content (AvgIpc) is 2.85. The van der Waals surface area contributed by atoms with E-state index in [0.717, 1.165) is 11.1 Å². The Balaban J connectivity index is 0.000000189. The predicted octanol–water partition coefficient (Wildman–Crippen LogP) is 5.27. The fourth-order valence-electron chi connectivity index (χ4n) is 2.95. The third-order valence-electron chi connectivity index (χ3n) is 4.70.